The van der Waals surface area contributed by atoms with Crippen LogP contribution in [-0.4, -0.2) is 58.8 Å². The highest BCUT2D eigenvalue weighted by atomic mass is 32.2. The van der Waals surface area contributed by atoms with Crippen LogP contribution in [0.5, 0.6) is 0 Å². The monoisotopic (exact) mass is 505 g/mol. The van der Waals surface area contributed by atoms with Crippen molar-refractivity contribution in [3.05, 3.63) is 53.6 Å². The molecule has 0 aliphatic carbocycles. The van der Waals surface area contributed by atoms with Gasteiger partial charge in [0.2, 0.25) is 10.0 Å². The molecule has 0 bridgehead atoms. The van der Waals surface area contributed by atoms with Crippen molar-refractivity contribution in [1.29, 1.82) is 0 Å². The van der Waals surface area contributed by atoms with Gasteiger partial charge in [0.15, 0.2) is 0 Å². The summed E-state index contributed by atoms with van der Waals surface area (Å²) >= 11 is 1.45. The summed E-state index contributed by atoms with van der Waals surface area (Å²) in [4.78, 5) is 14.3. The number of hydrogen-bond acceptors (Lipinski definition) is 7. The average Bonchev–Trinajstić information content (AvgIpc) is 2.74. The van der Waals surface area contributed by atoms with E-state index in [4.69, 9.17) is 5.14 Å². The predicted octanol–water partition coefficient (Wildman–Crippen LogP) is 3.66. The molecule has 0 saturated carbocycles. The maximum Gasteiger partial charge on any atom is 0.418 e. The highest BCUT2D eigenvalue weighted by Gasteiger charge is 2.38. The third kappa shape index (κ3) is 7.91. The van der Waals surface area contributed by atoms with Crippen molar-refractivity contribution >= 4 is 33.4 Å². The fourth-order valence-electron chi connectivity index (χ4n) is 2.96. The van der Waals surface area contributed by atoms with Crippen LogP contribution in [0.1, 0.15) is 22.3 Å². The van der Waals surface area contributed by atoms with Crippen LogP contribution in [0.15, 0.2) is 52.3 Å². The van der Waals surface area contributed by atoms with E-state index in [9.17, 15) is 26.4 Å². The molecule has 0 spiro atoms. The summed E-state index contributed by atoms with van der Waals surface area (Å²) in [7, 11) is 0.162. The van der Waals surface area contributed by atoms with Gasteiger partial charge in [0.1, 0.15) is 0 Å². The average molecular weight is 506 g/mol. The van der Waals surface area contributed by atoms with E-state index in [-0.39, 0.29) is 0 Å². The molecule has 0 saturated heterocycles. The summed E-state index contributed by atoms with van der Waals surface area (Å²) in [6, 6.07) is 10.1. The zero-order chi connectivity index (χ0) is 24.8. The van der Waals surface area contributed by atoms with E-state index in [1.54, 1.807) is 0 Å². The van der Waals surface area contributed by atoms with E-state index in [1.807, 2.05) is 49.3 Å². The van der Waals surface area contributed by atoms with Crippen LogP contribution in [-0.2, 0) is 20.9 Å². The minimum absolute atomic E-state index is 0.396. The SMILES string of the molecule is COC(=O)c1cc(S(N)(=O)=O)cc(C(F)(F)F)c1N[C@H](CCN(C)C)CSc1ccccc1. The number of ether oxygens (including phenoxy) is 1. The van der Waals surface area contributed by atoms with Gasteiger partial charge in [-0.2, -0.15) is 13.2 Å². The van der Waals surface area contributed by atoms with Gasteiger partial charge in [0.05, 0.1) is 28.8 Å². The Morgan fingerprint density at radius 1 is 1.21 bits per heavy atom. The molecule has 2 aromatic carbocycles. The number of thioether (sulfide) groups is 1. The Morgan fingerprint density at radius 2 is 1.85 bits per heavy atom. The molecular weight excluding hydrogens is 479 g/mol. The topological polar surface area (TPSA) is 102 Å². The Kier molecular flexibility index (Phi) is 9.18. The van der Waals surface area contributed by atoms with Crippen LogP contribution in [0.4, 0.5) is 18.9 Å². The Bertz CT molecular complexity index is 1060. The minimum Gasteiger partial charge on any atom is -0.465 e. The van der Waals surface area contributed by atoms with Crippen molar-refractivity contribution < 1.29 is 31.1 Å². The molecule has 33 heavy (non-hydrogen) atoms. The van der Waals surface area contributed by atoms with Gasteiger partial charge in [-0.1, -0.05) is 18.2 Å². The number of halogens is 3. The molecule has 0 radical (unpaired) electrons. The second-order valence-corrected chi connectivity index (χ2v) is 10.1. The number of anilines is 1. The Hall–Kier alpha value is -2.28. The number of primary sulfonamides is 1. The van der Waals surface area contributed by atoms with Gasteiger partial charge in [0.25, 0.3) is 0 Å². The number of alkyl halides is 3. The number of nitrogens with one attached hydrogen (secondary N) is 1. The Labute approximate surface area is 195 Å². The van der Waals surface area contributed by atoms with E-state index in [0.717, 1.165) is 18.1 Å². The summed E-state index contributed by atoms with van der Waals surface area (Å²) < 4.78 is 70.0. The van der Waals surface area contributed by atoms with Crippen LogP contribution in [0, 0.1) is 0 Å². The van der Waals surface area contributed by atoms with Crippen LogP contribution < -0.4 is 10.5 Å². The first-order valence-electron chi connectivity index (χ1n) is 9.78. The summed E-state index contributed by atoms with van der Waals surface area (Å²) in [6.45, 7) is 0.567. The number of benzene rings is 2. The lowest BCUT2D eigenvalue weighted by Gasteiger charge is -2.25. The highest BCUT2D eigenvalue weighted by molar-refractivity contribution is 7.99. The summed E-state index contributed by atoms with van der Waals surface area (Å²) in [6.07, 6.45) is -4.49. The second-order valence-electron chi connectivity index (χ2n) is 7.49. The second kappa shape index (κ2) is 11.2. The minimum atomic E-state index is -4.95. The zero-order valence-electron chi connectivity index (χ0n) is 18.3. The van der Waals surface area contributed by atoms with Crippen molar-refractivity contribution in [3.63, 3.8) is 0 Å². The molecule has 0 aromatic heterocycles. The van der Waals surface area contributed by atoms with E-state index in [2.05, 4.69) is 10.1 Å². The van der Waals surface area contributed by atoms with E-state index < -0.39 is 49.9 Å². The zero-order valence-corrected chi connectivity index (χ0v) is 20.0. The molecule has 0 heterocycles. The molecule has 0 amide bonds. The summed E-state index contributed by atoms with van der Waals surface area (Å²) in [5, 5.41) is 7.89. The molecule has 0 fully saturated rings. The number of sulfonamides is 1. The third-order valence-corrected chi connectivity index (χ3v) is 6.69. The third-order valence-electron chi connectivity index (χ3n) is 4.62. The number of nitrogens with zero attached hydrogens (tertiary/aromatic N) is 1. The van der Waals surface area contributed by atoms with Gasteiger partial charge in [-0.15, -0.1) is 11.8 Å². The Morgan fingerprint density at radius 3 is 2.36 bits per heavy atom. The number of rotatable bonds is 10. The fraction of sp³-hybridized carbons (Fsp3) is 0.381. The lowest BCUT2D eigenvalue weighted by atomic mass is 10.0. The molecule has 1 atom stereocenters. The molecule has 7 nitrogen and oxygen atoms in total. The van der Waals surface area contributed by atoms with Crippen molar-refractivity contribution in [3.8, 4) is 0 Å². The largest absolute Gasteiger partial charge is 0.465 e. The van der Waals surface area contributed by atoms with Gasteiger partial charge in [0, 0.05) is 16.7 Å². The van der Waals surface area contributed by atoms with Gasteiger partial charge in [-0.05, 0) is 51.3 Å². The van der Waals surface area contributed by atoms with E-state index in [1.165, 1.54) is 11.8 Å². The smallest absolute Gasteiger partial charge is 0.418 e. The fourth-order valence-corrected chi connectivity index (χ4v) is 4.52. The predicted molar refractivity (Wildman–Crippen MR) is 122 cm³/mol. The number of carbonyl (C=O) groups excluding carboxylic acids is 1. The summed E-state index contributed by atoms with van der Waals surface area (Å²) in [5.74, 6) is -0.720. The maximum atomic E-state index is 13.9. The normalized spacial score (nSPS) is 13.1. The van der Waals surface area contributed by atoms with Crippen LogP contribution >= 0.6 is 11.8 Å². The van der Waals surface area contributed by atoms with Gasteiger partial charge in [-0.25, -0.2) is 18.4 Å². The first-order chi connectivity index (χ1) is 15.3. The van der Waals surface area contributed by atoms with E-state index >= 15 is 0 Å². The van der Waals surface area contributed by atoms with Crippen molar-refractivity contribution in [2.75, 3.05) is 38.8 Å². The number of hydrogen-bond donors (Lipinski definition) is 2. The molecule has 2 rings (SSSR count). The lowest BCUT2D eigenvalue weighted by Crippen LogP contribution is -2.30. The molecule has 12 heteroatoms. The molecule has 0 aliphatic rings. The molecule has 2 aromatic rings. The quantitative estimate of drug-likeness (QED) is 0.375. The summed E-state index contributed by atoms with van der Waals surface area (Å²) in [5.41, 5.74) is -2.41. The number of methoxy groups -OCH3 is 1. The van der Waals surface area contributed by atoms with Crippen molar-refractivity contribution in [1.82, 2.24) is 4.90 Å². The van der Waals surface area contributed by atoms with Gasteiger partial charge in [-0.3, -0.25) is 0 Å². The van der Waals surface area contributed by atoms with Crippen LogP contribution in [0.2, 0.25) is 0 Å². The number of esters is 1. The number of carbonyl (C=O) groups is 1. The standard InChI is InChI=1S/C21H26F3N3O4S2/c1-27(2)10-9-14(13-32-15-7-5-4-6-8-15)26-19-17(20(28)31-3)11-16(33(25,29)30)12-18(19)21(22,23)24/h4-8,11-12,14,26H,9-10,13H2,1-3H3,(H2,25,29,30)/t14-/m1/s1. The molecular formula is C21H26F3N3O4S2. The molecule has 182 valence electrons. The maximum absolute atomic E-state index is 13.9. The first kappa shape index (κ1) is 27.0. The van der Waals surface area contributed by atoms with Gasteiger partial charge >= 0.3 is 12.1 Å². The Balaban J connectivity index is 2.54. The molecule has 3 N–H and O–H groups in total. The lowest BCUT2D eigenvalue weighted by molar-refractivity contribution is -0.137. The van der Waals surface area contributed by atoms with Gasteiger partial charge < -0.3 is 15.0 Å². The van der Waals surface area contributed by atoms with Crippen molar-refractivity contribution in [2.45, 2.75) is 28.4 Å². The molecule has 0 aliphatic heterocycles. The van der Waals surface area contributed by atoms with E-state index in [0.29, 0.717) is 24.8 Å². The van der Waals surface area contributed by atoms with Crippen molar-refractivity contribution in [2.24, 2.45) is 5.14 Å². The van der Waals surface area contributed by atoms with Crippen LogP contribution in [0.3, 0.4) is 0 Å². The molecule has 0 unspecified atom stereocenters. The number of nitrogens with two attached hydrogens (primary N) is 1. The first-order valence-corrected chi connectivity index (χ1v) is 12.3. The van der Waals surface area contributed by atoms with Crippen LogP contribution in [0.25, 0.3) is 0 Å². The highest BCUT2D eigenvalue weighted by Crippen LogP contribution is 2.39.